The molecular formula is C18H25N3O. The average molecular weight is 299 g/mol. The maximum Gasteiger partial charge on any atom is 0.224 e. The Hall–Kier alpha value is -2.10. The number of carbonyl (C=O) groups is 1. The summed E-state index contributed by atoms with van der Waals surface area (Å²) in [6.45, 7) is 9.72. The molecule has 1 amide bonds. The van der Waals surface area contributed by atoms with Gasteiger partial charge in [-0.25, -0.2) is 0 Å². The normalized spacial score (nSPS) is 12.2. The van der Waals surface area contributed by atoms with Gasteiger partial charge >= 0.3 is 0 Å². The molecule has 4 heteroatoms. The first-order valence-corrected chi connectivity index (χ1v) is 7.77. The fraction of sp³-hybridized carbons (Fsp3) is 0.444. The lowest BCUT2D eigenvalue weighted by molar-refractivity contribution is -0.120. The molecule has 0 saturated carbocycles. The van der Waals surface area contributed by atoms with E-state index in [2.05, 4.69) is 30.3 Å². The van der Waals surface area contributed by atoms with Gasteiger partial charge in [-0.1, -0.05) is 36.8 Å². The molecule has 0 aliphatic rings. The van der Waals surface area contributed by atoms with Crippen molar-refractivity contribution in [2.75, 3.05) is 6.54 Å². The van der Waals surface area contributed by atoms with E-state index in [0.29, 0.717) is 18.9 Å². The second-order valence-corrected chi connectivity index (χ2v) is 6.18. The van der Waals surface area contributed by atoms with Crippen LogP contribution in [-0.4, -0.2) is 22.2 Å². The number of benzene rings is 1. The molecule has 1 heterocycles. The van der Waals surface area contributed by atoms with Gasteiger partial charge in [-0.2, -0.15) is 5.10 Å². The summed E-state index contributed by atoms with van der Waals surface area (Å²) in [5, 5.41) is 7.47. The molecule has 1 aromatic carbocycles. The zero-order valence-corrected chi connectivity index (χ0v) is 13.9. The second-order valence-electron chi connectivity index (χ2n) is 6.18. The minimum atomic E-state index is 0.0732. The number of nitrogens with one attached hydrogen (secondary N) is 1. The summed E-state index contributed by atoms with van der Waals surface area (Å²) in [6.07, 6.45) is 0.437. The van der Waals surface area contributed by atoms with Gasteiger partial charge in [0.15, 0.2) is 0 Å². The number of carbonyl (C=O) groups excluding carboxylic acids is 1. The van der Waals surface area contributed by atoms with Crippen molar-refractivity contribution in [3.63, 3.8) is 0 Å². The maximum atomic E-state index is 12.0. The van der Waals surface area contributed by atoms with Crippen molar-refractivity contribution in [1.82, 2.24) is 15.1 Å². The molecule has 1 N–H and O–H groups in total. The van der Waals surface area contributed by atoms with E-state index in [1.807, 2.05) is 42.8 Å². The van der Waals surface area contributed by atoms with Crippen molar-refractivity contribution in [2.24, 2.45) is 5.92 Å². The molecule has 2 rings (SSSR count). The third-order valence-electron chi connectivity index (χ3n) is 3.72. The van der Waals surface area contributed by atoms with Gasteiger partial charge in [0.05, 0.1) is 12.1 Å². The van der Waals surface area contributed by atoms with Crippen molar-refractivity contribution in [3.05, 3.63) is 52.8 Å². The molecule has 0 bridgehead atoms. The predicted molar refractivity (Wildman–Crippen MR) is 88.8 cm³/mol. The van der Waals surface area contributed by atoms with Crippen molar-refractivity contribution in [1.29, 1.82) is 0 Å². The number of rotatable bonds is 6. The lowest BCUT2D eigenvalue weighted by atomic mass is 10.1. The Morgan fingerprint density at radius 3 is 2.50 bits per heavy atom. The Balaban J connectivity index is 1.78. The van der Waals surface area contributed by atoms with E-state index in [0.717, 1.165) is 23.5 Å². The first-order valence-electron chi connectivity index (χ1n) is 7.77. The van der Waals surface area contributed by atoms with Crippen LogP contribution >= 0.6 is 0 Å². The van der Waals surface area contributed by atoms with Crippen LogP contribution in [0.1, 0.15) is 29.4 Å². The Morgan fingerprint density at radius 1 is 1.23 bits per heavy atom. The molecule has 0 radical (unpaired) electrons. The highest BCUT2D eigenvalue weighted by atomic mass is 16.1. The van der Waals surface area contributed by atoms with E-state index in [-0.39, 0.29) is 5.91 Å². The summed E-state index contributed by atoms with van der Waals surface area (Å²) in [4.78, 5) is 12.0. The summed E-state index contributed by atoms with van der Waals surface area (Å²) < 4.78 is 2.01. The van der Waals surface area contributed by atoms with Crippen molar-refractivity contribution in [2.45, 2.75) is 40.7 Å². The van der Waals surface area contributed by atoms with Crippen LogP contribution in [0.25, 0.3) is 0 Å². The molecule has 2 aromatic rings. The van der Waals surface area contributed by atoms with Gasteiger partial charge in [-0.05, 0) is 38.3 Å². The monoisotopic (exact) mass is 299 g/mol. The van der Waals surface area contributed by atoms with Gasteiger partial charge < -0.3 is 5.32 Å². The zero-order chi connectivity index (χ0) is 16.1. The van der Waals surface area contributed by atoms with Crippen LogP contribution in [0.15, 0.2) is 30.3 Å². The molecule has 1 aromatic heterocycles. The number of hydrogen-bond donors (Lipinski definition) is 1. The number of hydrogen-bond acceptors (Lipinski definition) is 2. The van der Waals surface area contributed by atoms with Crippen LogP contribution in [0, 0.1) is 26.7 Å². The summed E-state index contributed by atoms with van der Waals surface area (Å²) >= 11 is 0. The quantitative estimate of drug-likeness (QED) is 0.891. The highest BCUT2D eigenvalue weighted by Gasteiger charge is 2.09. The van der Waals surface area contributed by atoms with E-state index in [1.54, 1.807) is 0 Å². The van der Waals surface area contributed by atoms with Crippen LogP contribution in [0.3, 0.4) is 0 Å². The minimum Gasteiger partial charge on any atom is -0.355 e. The third kappa shape index (κ3) is 4.72. The van der Waals surface area contributed by atoms with Gasteiger partial charge in [0.2, 0.25) is 5.91 Å². The SMILES string of the molecule is Cc1ccc(CC(=O)NC[C@@H](C)Cn2nc(C)cc2C)cc1. The summed E-state index contributed by atoms with van der Waals surface area (Å²) in [5.74, 6) is 0.420. The zero-order valence-electron chi connectivity index (χ0n) is 13.9. The van der Waals surface area contributed by atoms with Crippen LogP contribution in [0.2, 0.25) is 0 Å². The van der Waals surface area contributed by atoms with Crippen LogP contribution < -0.4 is 5.32 Å². The van der Waals surface area contributed by atoms with Crippen molar-refractivity contribution >= 4 is 5.91 Å². The van der Waals surface area contributed by atoms with Gasteiger partial charge in [0.1, 0.15) is 0 Å². The molecule has 0 fully saturated rings. The smallest absolute Gasteiger partial charge is 0.224 e. The Kier molecular flexibility index (Phi) is 5.36. The fourth-order valence-corrected chi connectivity index (χ4v) is 2.46. The largest absolute Gasteiger partial charge is 0.355 e. The van der Waals surface area contributed by atoms with Crippen LogP contribution in [0.4, 0.5) is 0 Å². The minimum absolute atomic E-state index is 0.0732. The number of amides is 1. The standard InChI is InChI=1S/C18H25N3O/c1-13-5-7-17(8-6-13)10-18(22)19-11-14(2)12-21-16(4)9-15(3)20-21/h5-9,14H,10-12H2,1-4H3,(H,19,22)/t14-/m1/s1. The van der Waals surface area contributed by atoms with E-state index in [4.69, 9.17) is 0 Å². The highest BCUT2D eigenvalue weighted by Crippen LogP contribution is 2.07. The molecule has 118 valence electrons. The first-order chi connectivity index (χ1) is 10.4. The summed E-state index contributed by atoms with van der Waals surface area (Å²) in [5.41, 5.74) is 4.46. The Labute approximate surface area is 132 Å². The predicted octanol–water partition coefficient (Wildman–Crippen LogP) is 2.80. The van der Waals surface area contributed by atoms with Crippen molar-refractivity contribution < 1.29 is 4.79 Å². The number of nitrogens with zero attached hydrogens (tertiary/aromatic N) is 2. The van der Waals surface area contributed by atoms with E-state index < -0.39 is 0 Å². The van der Waals surface area contributed by atoms with Gasteiger partial charge in [0.25, 0.3) is 0 Å². The molecule has 0 aliphatic heterocycles. The van der Waals surface area contributed by atoms with E-state index in [1.165, 1.54) is 5.56 Å². The van der Waals surface area contributed by atoms with Crippen LogP contribution in [0.5, 0.6) is 0 Å². The third-order valence-corrected chi connectivity index (χ3v) is 3.72. The average Bonchev–Trinajstić information content (AvgIpc) is 2.77. The Bertz CT molecular complexity index is 628. The molecule has 0 saturated heterocycles. The van der Waals surface area contributed by atoms with Gasteiger partial charge in [-0.3, -0.25) is 9.48 Å². The maximum absolute atomic E-state index is 12.0. The highest BCUT2D eigenvalue weighted by molar-refractivity contribution is 5.78. The van der Waals surface area contributed by atoms with Crippen molar-refractivity contribution in [3.8, 4) is 0 Å². The first kappa shape index (κ1) is 16.3. The molecule has 1 atom stereocenters. The second kappa shape index (κ2) is 7.25. The molecule has 0 spiro atoms. The number of aryl methyl sites for hydroxylation is 3. The lowest BCUT2D eigenvalue weighted by Crippen LogP contribution is -2.31. The number of aromatic nitrogens is 2. The van der Waals surface area contributed by atoms with Gasteiger partial charge in [0, 0.05) is 18.8 Å². The topological polar surface area (TPSA) is 46.9 Å². The lowest BCUT2D eigenvalue weighted by Gasteiger charge is -2.14. The van der Waals surface area contributed by atoms with Crippen LogP contribution in [-0.2, 0) is 17.8 Å². The summed E-state index contributed by atoms with van der Waals surface area (Å²) in [6, 6.07) is 10.2. The summed E-state index contributed by atoms with van der Waals surface area (Å²) in [7, 11) is 0. The molecular weight excluding hydrogens is 274 g/mol. The van der Waals surface area contributed by atoms with E-state index >= 15 is 0 Å². The fourth-order valence-electron chi connectivity index (χ4n) is 2.46. The Morgan fingerprint density at radius 2 is 1.91 bits per heavy atom. The molecule has 22 heavy (non-hydrogen) atoms. The van der Waals surface area contributed by atoms with Gasteiger partial charge in [-0.15, -0.1) is 0 Å². The molecule has 0 unspecified atom stereocenters. The van der Waals surface area contributed by atoms with E-state index in [9.17, 15) is 4.79 Å². The molecule has 4 nitrogen and oxygen atoms in total. The molecule has 0 aliphatic carbocycles.